The minimum absolute atomic E-state index is 0.0684. The van der Waals surface area contributed by atoms with Crippen LogP contribution >= 0.6 is 0 Å². The van der Waals surface area contributed by atoms with Crippen molar-refractivity contribution in [3.05, 3.63) is 29.6 Å². The Morgan fingerprint density at radius 3 is 2.62 bits per heavy atom. The van der Waals surface area contributed by atoms with Gasteiger partial charge in [0.15, 0.2) is 0 Å². The molecular weight excluding hydrogens is 265 g/mol. The fourth-order valence-electron chi connectivity index (χ4n) is 3.20. The summed E-state index contributed by atoms with van der Waals surface area (Å²) in [6.45, 7) is 8.77. The zero-order valence-corrected chi connectivity index (χ0v) is 13.2. The summed E-state index contributed by atoms with van der Waals surface area (Å²) >= 11 is 0. The van der Waals surface area contributed by atoms with E-state index in [0.29, 0.717) is 16.9 Å². The van der Waals surface area contributed by atoms with Crippen molar-refractivity contribution in [1.29, 1.82) is 5.41 Å². The lowest BCUT2D eigenvalue weighted by molar-refractivity contribution is 0.220. The molecule has 0 aliphatic carbocycles. The van der Waals surface area contributed by atoms with Gasteiger partial charge in [-0.2, -0.15) is 0 Å². The van der Waals surface area contributed by atoms with Gasteiger partial charge >= 0.3 is 0 Å². The van der Waals surface area contributed by atoms with Crippen molar-refractivity contribution in [2.45, 2.75) is 40.0 Å². The summed E-state index contributed by atoms with van der Waals surface area (Å²) in [4.78, 5) is 2.25. The van der Waals surface area contributed by atoms with Gasteiger partial charge in [0.1, 0.15) is 11.7 Å². The highest BCUT2D eigenvalue weighted by Crippen LogP contribution is 2.35. The van der Waals surface area contributed by atoms with Crippen LogP contribution in [0, 0.1) is 22.6 Å². The fourth-order valence-corrected chi connectivity index (χ4v) is 3.20. The molecule has 3 nitrogen and oxygen atoms in total. The van der Waals surface area contributed by atoms with Crippen molar-refractivity contribution in [2.75, 3.05) is 18.0 Å². The van der Waals surface area contributed by atoms with Crippen LogP contribution in [-0.4, -0.2) is 18.9 Å². The first-order valence-electron chi connectivity index (χ1n) is 7.68. The molecule has 21 heavy (non-hydrogen) atoms. The highest BCUT2D eigenvalue weighted by atomic mass is 19.1. The molecule has 0 saturated carbocycles. The van der Waals surface area contributed by atoms with E-state index in [-0.39, 0.29) is 11.7 Å². The summed E-state index contributed by atoms with van der Waals surface area (Å²) in [6.07, 6.45) is 3.46. The first-order valence-corrected chi connectivity index (χ1v) is 7.68. The second-order valence-electron chi connectivity index (χ2n) is 7.06. The number of benzene rings is 1. The molecule has 1 heterocycles. The van der Waals surface area contributed by atoms with Crippen molar-refractivity contribution in [3.63, 3.8) is 0 Å². The van der Waals surface area contributed by atoms with E-state index in [1.807, 2.05) is 0 Å². The third-order valence-corrected chi connectivity index (χ3v) is 4.54. The Hall–Kier alpha value is -1.58. The molecule has 0 aromatic heterocycles. The summed E-state index contributed by atoms with van der Waals surface area (Å²) in [6, 6.07) is 4.57. The van der Waals surface area contributed by atoms with Crippen LogP contribution in [0.4, 0.5) is 10.1 Å². The Labute approximate surface area is 126 Å². The molecule has 0 bridgehead atoms. The topological polar surface area (TPSA) is 53.1 Å². The number of rotatable bonds is 2. The SMILES string of the molecule is CC(C)(C)C1CCCN(c2ccc(F)cc2C(=N)N)CC1. The van der Waals surface area contributed by atoms with E-state index in [4.69, 9.17) is 11.1 Å². The number of hydrogen-bond acceptors (Lipinski definition) is 2. The van der Waals surface area contributed by atoms with Gasteiger partial charge in [-0.05, 0) is 48.8 Å². The van der Waals surface area contributed by atoms with Gasteiger partial charge in [0.2, 0.25) is 0 Å². The van der Waals surface area contributed by atoms with E-state index < -0.39 is 0 Å². The summed E-state index contributed by atoms with van der Waals surface area (Å²) in [5.41, 5.74) is 7.33. The van der Waals surface area contributed by atoms with Crippen LogP contribution < -0.4 is 10.6 Å². The van der Waals surface area contributed by atoms with E-state index in [2.05, 4.69) is 25.7 Å². The maximum absolute atomic E-state index is 13.4. The van der Waals surface area contributed by atoms with Gasteiger partial charge in [0.25, 0.3) is 0 Å². The van der Waals surface area contributed by atoms with E-state index in [1.54, 1.807) is 6.07 Å². The number of hydrogen-bond donors (Lipinski definition) is 2. The Balaban J connectivity index is 2.22. The molecule has 1 fully saturated rings. The third kappa shape index (κ3) is 3.74. The van der Waals surface area contributed by atoms with Gasteiger partial charge in [-0.3, -0.25) is 5.41 Å². The van der Waals surface area contributed by atoms with Crippen molar-refractivity contribution in [3.8, 4) is 0 Å². The van der Waals surface area contributed by atoms with Gasteiger partial charge < -0.3 is 10.6 Å². The Kier molecular flexibility index (Phi) is 4.55. The summed E-state index contributed by atoms with van der Waals surface area (Å²) < 4.78 is 13.4. The zero-order chi connectivity index (χ0) is 15.6. The van der Waals surface area contributed by atoms with Crippen LogP contribution in [0.5, 0.6) is 0 Å². The molecule has 1 aliphatic rings. The minimum Gasteiger partial charge on any atom is -0.384 e. The summed E-state index contributed by atoms with van der Waals surface area (Å²) in [7, 11) is 0. The molecule has 3 N–H and O–H groups in total. The smallest absolute Gasteiger partial charge is 0.125 e. The molecule has 1 unspecified atom stereocenters. The molecule has 1 saturated heterocycles. The lowest BCUT2D eigenvalue weighted by Crippen LogP contribution is -2.28. The van der Waals surface area contributed by atoms with Crippen LogP contribution in [0.2, 0.25) is 0 Å². The second kappa shape index (κ2) is 6.04. The average Bonchev–Trinajstić information content (AvgIpc) is 2.63. The Bertz CT molecular complexity index is 519. The molecule has 116 valence electrons. The summed E-state index contributed by atoms with van der Waals surface area (Å²) in [5.74, 6) is 0.288. The highest BCUT2D eigenvalue weighted by molar-refractivity contribution is 6.00. The number of nitrogens with one attached hydrogen (secondary N) is 1. The lowest BCUT2D eigenvalue weighted by Gasteiger charge is -2.30. The standard InChI is InChI=1S/C17H26FN3/c1-17(2,3)12-5-4-9-21(10-8-12)15-7-6-13(18)11-14(15)16(19)20/h6-7,11-12H,4-5,8-10H2,1-3H3,(H3,19,20). The zero-order valence-electron chi connectivity index (χ0n) is 13.2. The van der Waals surface area contributed by atoms with Crippen molar-refractivity contribution in [2.24, 2.45) is 17.1 Å². The summed E-state index contributed by atoms with van der Waals surface area (Å²) in [5, 5.41) is 7.67. The molecule has 2 rings (SSSR count). The highest BCUT2D eigenvalue weighted by Gasteiger charge is 2.27. The van der Waals surface area contributed by atoms with Crippen molar-refractivity contribution < 1.29 is 4.39 Å². The third-order valence-electron chi connectivity index (χ3n) is 4.54. The van der Waals surface area contributed by atoms with Gasteiger partial charge in [-0.15, -0.1) is 0 Å². The maximum Gasteiger partial charge on any atom is 0.125 e. The number of halogens is 1. The Morgan fingerprint density at radius 2 is 2.00 bits per heavy atom. The van der Waals surface area contributed by atoms with Crippen LogP contribution in [-0.2, 0) is 0 Å². The van der Waals surface area contributed by atoms with E-state index in [9.17, 15) is 4.39 Å². The van der Waals surface area contributed by atoms with Crippen LogP contribution in [0.25, 0.3) is 0 Å². The molecule has 1 aromatic carbocycles. The molecule has 1 aromatic rings. The van der Waals surface area contributed by atoms with Crippen LogP contribution in [0.1, 0.15) is 45.6 Å². The average molecular weight is 291 g/mol. The van der Waals surface area contributed by atoms with Crippen LogP contribution in [0.15, 0.2) is 18.2 Å². The van der Waals surface area contributed by atoms with Gasteiger partial charge in [0.05, 0.1) is 0 Å². The monoisotopic (exact) mass is 291 g/mol. The Morgan fingerprint density at radius 1 is 1.29 bits per heavy atom. The second-order valence-corrected chi connectivity index (χ2v) is 7.06. The lowest BCUT2D eigenvalue weighted by atomic mass is 9.77. The molecule has 0 radical (unpaired) electrons. The van der Waals surface area contributed by atoms with Crippen molar-refractivity contribution >= 4 is 11.5 Å². The van der Waals surface area contributed by atoms with Gasteiger partial charge in [0, 0.05) is 24.3 Å². The van der Waals surface area contributed by atoms with Crippen molar-refractivity contribution in [1.82, 2.24) is 0 Å². The quantitative estimate of drug-likeness (QED) is 0.644. The fraction of sp³-hybridized carbons (Fsp3) is 0.588. The predicted molar refractivity (Wildman–Crippen MR) is 86.4 cm³/mol. The molecule has 1 atom stereocenters. The number of nitrogen functional groups attached to an aromatic ring is 1. The molecular formula is C17H26FN3. The number of amidine groups is 1. The molecule has 0 amide bonds. The number of nitrogens with zero attached hydrogens (tertiary/aromatic N) is 1. The van der Waals surface area contributed by atoms with E-state index in [1.165, 1.54) is 18.6 Å². The van der Waals surface area contributed by atoms with E-state index in [0.717, 1.165) is 31.6 Å². The number of anilines is 1. The largest absolute Gasteiger partial charge is 0.384 e. The molecule has 4 heteroatoms. The maximum atomic E-state index is 13.4. The van der Waals surface area contributed by atoms with Crippen LogP contribution in [0.3, 0.4) is 0 Å². The molecule has 0 spiro atoms. The first-order chi connectivity index (χ1) is 9.79. The van der Waals surface area contributed by atoms with E-state index >= 15 is 0 Å². The predicted octanol–water partition coefficient (Wildman–Crippen LogP) is 3.76. The minimum atomic E-state index is -0.341. The molecule has 1 aliphatic heterocycles. The normalized spacial score (nSPS) is 20.2. The van der Waals surface area contributed by atoms with Gasteiger partial charge in [-0.1, -0.05) is 20.8 Å². The van der Waals surface area contributed by atoms with Gasteiger partial charge in [-0.25, -0.2) is 4.39 Å². The number of nitrogens with two attached hydrogens (primary N) is 1. The first kappa shape index (κ1) is 15.8.